The van der Waals surface area contributed by atoms with Gasteiger partial charge in [0.05, 0.1) is 6.61 Å². The standard InChI is InChI=1S/C16H24N2O2/c1-3-15(4-2)18(11-12-19)16(20)10-7-13-5-8-14(17)9-6-13/h5-10,15,19H,3-4,11-12,17H2,1-2H3/b10-7+. The second-order valence-electron chi connectivity index (χ2n) is 4.73. The molecule has 0 bridgehead atoms. The van der Waals surface area contributed by atoms with E-state index in [4.69, 9.17) is 10.8 Å². The lowest BCUT2D eigenvalue weighted by molar-refractivity contribution is -0.128. The number of amides is 1. The van der Waals surface area contributed by atoms with Crippen LogP contribution in [-0.2, 0) is 4.79 Å². The van der Waals surface area contributed by atoms with Crippen molar-refractivity contribution in [1.29, 1.82) is 0 Å². The maximum Gasteiger partial charge on any atom is 0.246 e. The van der Waals surface area contributed by atoms with E-state index in [9.17, 15) is 4.79 Å². The summed E-state index contributed by atoms with van der Waals surface area (Å²) in [5.41, 5.74) is 7.25. The van der Waals surface area contributed by atoms with Gasteiger partial charge in [-0.2, -0.15) is 0 Å². The van der Waals surface area contributed by atoms with Crippen LogP contribution < -0.4 is 5.73 Å². The number of carbonyl (C=O) groups excluding carboxylic acids is 1. The summed E-state index contributed by atoms with van der Waals surface area (Å²) >= 11 is 0. The highest BCUT2D eigenvalue weighted by Crippen LogP contribution is 2.11. The number of hydrogen-bond acceptors (Lipinski definition) is 3. The molecule has 0 saturated carbocycles. The minimum absolute atomic E-state index is 0.0159. The summed E-state index contributed by atoms with van der Waals surface area (Å²) in [6.07, 6.45) is 5.10. The molecule has 1 rings (SSSR count). The number of aliphatic hydroxyl groups is 1. The van der Waals surface area contributed by atoms with Crippen LogP contribution in [0.5, 0.6) is 0 Å². The Morgan fingerprint density at radius 1 is 1.30 bits per heavy atom. The lowest BCUT2D eigenvalue weighted by Gasteiger charge is -2.29. The third-order valence-electron chi connectivity index (χ3n) is 3.36. The third-order valence-corrected chi connectivity index (χ3v) is 3.36. The second kappa shape index (κ2) is 8.38. The zero-order chi connectivity index (χ0) is 15.0. The zero-order valence-electron chi connectivity index (χ0n) is 12.2. The van der Waals surface area contributed by atoms with Gasteiger partial charge >= 0.3 is 0 Å². The average molecular weight is 276 g/mol. The van der Waals surface area contributed by atoms with Crippen LogP contribution in [0, 0.1) is 0 Å². The van der Waals surface area contributed by atoms with Crippen LogP contribution >= 0.6 is 0 Å². The van der Waals surface area contributed by atoms with Gasteiger partial charge in [0, 0.05) is 24.4 Å². The van der Waals surface area contributed by atoms with Crippen LogP contribution in [0.4, 0.5) is 5.69 Å². The highest BCUT2D eigenvalue weighted by atomic mass is 16.3. The highest BCUT2D eigenvalue weighted by Gasteiger charge is 2.18. The largest absolute Gasteiger partial charge is 0.399 e. The van der Waals surface area contributed by atoms with Gasteiger partial charge in [0.1, 0.15) is 0 Å². The zero-order valence-corrected chi connectivity index (χ0v) is 12.2. The molecule has 1 amide bonds. The SMILES string of the molecule is CCC(CC)N(CCO)C(=O)/C=C/c1ccc(N)cc1. The van der Waals surface area contributed by atoms with E-state index in [1.807, 2.05) is 12.1 Å². The first-order valence-corrected chi connectivity index (χ1v) is 7.07. The number of hydrogen-bond donors (Lipinski definition) is 2. The summed E-state index contributed by atoms with van der Waals surface area (Å²) in [4.78, 5) is 14.0. The topological polar surface area (TPSA) is 66.6 Å². The van der Waals surface area contributed by atoms with Crippen molar-refractivity contribution in [3.8, 4) is 0 Å². The number of nitrogens with two attached hydrogens (primary N) is 1. The molecule has 0 radical (unpaired) electrons. The van der Waals surface area contributed by atoms with E-state index in [1.165, 1.54) is 0 Å². The minimum atomic E-state index is -0.0652. The number of carbonyl (C=O) groups is 1. The average Bonchev–Trinajstić information content (AvgIpc) is 2.46. The molecule has 1 aromatic carbocycles. The molecule has 0 spiro atoms. The lowest BCUT2D eigenvalue weighted by Crippen LogP contribution is -2.40. The molecule has 0 aliphatic carbocycles. The van der Waals surface area contributed by atoms with Gasteiger partial charge in [-0.15, -0.1) is 0 Å². The Labute approximate surface area is 120 Å². The predicted molar refractivity (Wildman–Crippen MR) is 83.1 cm³/mol. The highest BCUT2D eigenvalue weighted by molar-refractivity contribution is 5.92. The van der Waals surface area contributed by atoms with Crippen molar-refractivity contribution >= 4 is 17.7 Å². The van der Waals surface area contributed by atoms with Crippen LogP contribution in [-0.4, -0.2) is 35.1 Å². The number of rotatable bonds is 7. The van der Waals surface area contributed by atoms with Crippen molar-refractivity contribution in [2.75, 3.05) is 18.9 Å². The summed E-state index contributed by atoms with van der Waals surface area (Å²) in [6.45, 7) is 4.46. The first-order valence-electron chi connectivity index (χ1n) is 7.07. The Balaban J connectivity index is 2.77. The fourth-order valence-electron chi connectivity index (χ4n) is 2.18. The summed E-state index contributed by atoms with van der Waals surface area (Å²) in [6, 6.07) is 7.51. The van der Waals surface area contributed by atoms with Gasteiger partial charge in [-0.3, -0.25) is 4.79 Å². The van der Waals surface area contributed by atoms with Crippen molar-refractivity contribution in [2.24, 2.45) is 0 Å². The molecule has 20 heavy (non-hydrogen) atoms. The number of benzene rings is 1. The molecule has 0 heterocycles. The van der Waals surface area contributed by atoms with Crippen molar-refractivity contribution in [3.05, 3.63) is 35.9 Å². The number of anilines is 1. The lowest BCUT2D eigenvalue weighted by atomic mass is 10.1. The van der Waals surface area contributed by atoms with Crippen LogP contribution in [0.15, 0.2) is 30.3 Å². The molecular weight excluding hydrogens is 252 g/mol. The third kappa shape index (κ3) is 4.70. The van der Waals surface area contributed by atoms with Crippen molar-refractivity contribution in [1.82, 2.24) is 4.90 Å². The molecule has 1 aromatic rings. The van der Waals surface area contributed by atoms with E-state index in [1.54, 1.807) is 29.2 Å². The Kier molecular flexibility index (Phi) is 6.81. The summed E-state index contributed by atoms with van der Waals surface area (Å²) in [7, 11) is 0. The van der Waals surface area contributed by atoms with E-state index in [0.29, 0.717) is 12.2 Å². The molecule has 0 saturated heterocycles. The van der Waals surface area contributed by atoms with Gasteiger partial charge in [0.25, 0.3) is 0 Å². The fourth-order valence-corrected chi connectivity index (χ4v) is 2.18. The first kappa shape index (κ1) is 16.2. The first-order chi connectivity index (χ1) is 9.62. The van der Waals surface area contributed by atoms with Gasteiger partial charge in [-0.05, 0) is 36.6 Å². The Morgan fingerprint density at radius 2 is 1.90 bits per heavy atom. The molecule has 0 aliphatic heterocycles. The van der Waals surface area contributed by atoms with Gasteiger partial charge < -0.3 is 15.7 Å². The second-order valence-corrected chi connectivity index (χ2v) is 4.73. The monoisotopic (exact) mass is 276 g/mol. The quantitative estimate of drug-likeness (QED) is 0.593. The number of nitrogen functional groups attached to an aromatic ring is 1. The molecule has 4 nitrogen and oxygen atoms in total. The van der Waals surface area contributed by atoms with E-state index in [2.05, 4.69) is 13.8 Å². The number of aliphatic hydroxyl groups excluding tert-OH is 1. The number of nitrogens with zero attached hydrogens (tertiary/aromatic N) is 1. The molecule has 0 aliphatic rings. The van der Waals surface area contributed by atoms with Crippen molar-refractivity contribution in [2.45, 2.75) is 32.7 Å². The van der Waals surface area contributed by atoms with Crippen molar-refractivity contribution < 1.29 is 9.90 Å². The smallest absolute Gasteiger partial charge is 0.246 e. The molecule has 0 fully saturated rings. The maximum atomic E-state index is 12.2. The van der Waals surface area contributed by atoms with Crippen LogP contribution in [0.3, 0.4) is 0 Å². The van der Waals surface area contributed by atoms with Crippen LogP contribution in [0.2, 0.25) is 0 Å². The molecule has 4 heteroatoms. The van der Waals surface area contributed by atoms with Gasteiger partial charge in [-0.1, -0.05) is 26.0 Å². The van der Waals surface area contributed by atoms with E-state index < -0.39 is 0 Å². The summed E-state index contributed by atoms with van der Waals surface area (Å²) < 4.78 is 0. The summed E-state index contributed by atoms with van der Waals surface area (Å²) in [5, 5.41) is 9.11. The minimum Gasteiger partial charge on any atom is -0.399 e. The molecular formula is C16H24N2O2. The van der Waals surface area contributed by atoms with Gasteiger partial charge in [0.15, 0.2) is 0 Å². The molecule has 0 aromatic heterocycles. The Hall–Kier alpha value is -1.81. The fraction of sp³-hybridized carbons (Fsp3) is 0.438. The molecule has 0 unspecified atom stereocenters. The maximum absolute atomic E-state index is 12.2. The predicted octanol–water partition coefficient (Wildman–Crippen LogP) is 2.29. The molecule has 0 atom stereocenters. The normalized spacial score (nSPS) is 11.2. The van der Waals surface area contributed by atoms with Crippen LogP contribution in [0.1, 0.15) is 32.3 Å². The van der Waals surface area contributed by atoms with E-state index in [0.717, 1.165) is 18.4 Å². The Morgan fingerprint density at radius 3 is 2.40 bits per heavy atom. The summed E-state index contributed by atoms with van der Waals surface area (Å²) in [5.74, 6) is -0.0652. The van der Waals surface area contributed by atoms with E-state index >= 15 is 0 Å². The Bertz CT molecular complexity index is 436. The van der Waals surface area contributed by atoms with Gasteiger partial charge in [-0.25, -0.2) is 0 Å². The molecule has 3 N–H and O–H groups in total. The van der Waals surface area contributed by atoms with E-state index in [-0.39, 0.29) is 18.6 Å². The van der Waals surface area contributed by atoms with Crippen LogP contribution in [0.25, 0.3) is 6.08 Å². The van der Waals surface area contributed by atoms with Crippen molar-refractivity contribution in [3.63, 3.8) is 0 Å². The molecule has 110 valence electrons. The van der Waals surface area contributed by atoms with Gasteiger partial charge in [0.2, 0.25) is 5.91 Å².